The highest BCUT2D eigenvalue weighted by Crippen LogP contribution is 2.42. The van der Waals surface area contributed by atoms with Gasteiger partial charge in [-0.1, -0.05) is 23.7 Å². The van der Waals surface area contributed by atoms with Gasteiger partial charge < -0.3 is 10.1 Å². The SMILES string of the molecule is CC1(C)C[C@H](n2[nH]c(=O)c3c2NC(=O)CS[C@@H]3c2ccc(Cl)cc2)CCO1. The Labute approximate surface area is 166 Å². The van der Waals surface area contributed by atoms with Gasteiger partial charge in [0, 0.05) is 11.6 Å². The van der Waals surface area contributed by atoms with E-state index >= 15 is 0 Å². The molecule has 0 saturated carbocycles. The van der Waals surface area contributed by atoms with Crippen LogP contribution in [0.15, 0.2) is 29.1 Å². The van der Waals surface area contributed by atoms with Gasteiger partial charge in [0.15, 0.2) is 0 Å². The van der Waals surface area contributed by atoms with Gasteiger partial charge in [-0.05, 0) is 44.4 Å². The third kappa shape index (κ3) is 3.68. The fourth-order valence-corrected chi connectivity index (χ4v) is 5.09. The molecule has 2 N–H and O–H groups in total. The molecule has 27 heavy (non-hydrogen) atoms. The van der Waals surface area contributed by atoms with E-state index in [-0.39, 0.29) is 28.4 Å². The van der Waals surface area contributed by atoms with Gasteiger partial charge in [-0.2, -0.15) is 0 Å². The number of H-pyrrole nitrogens is 1. The molecule has 2 atom stereocenters. The normalized spacial score (nSPS) is 24.8. The number of benzene rings is 1. The van der Waals surface area contributed by atoms with Crippen molar-refractivity contribution in [2.75, 3.05) is 17.7 Å². The minimum Gasteiger partial charge on any atom is -0.375 e. The zero-order valence-corrected chi connectivity index (χ0v) is 16.8. The minimum atomic E-state index is -0.268. The number of nitrogens with zero attached hydrogens (tertiary/aromatic N) is 1. The van der Waals surface area contributed by atoms with Gasteiger partial charge in [0.1, 0.15) is 5.82 Å². The van der Waals surface area contributed by atoms with Crippen LogP contribution in [0.4, 0.5) is 5.82 Å². The number of ether oxygens (including phenoxy) is 1. The van der Waals surface area contributed by atoms with Crippen LogP contribution < -0.4 is 10.9 Å². The van der Waals surface area contributed by atoms with E-state index in [1.807, 2.05) is 42.8 Å². The topological polar surface area (TPSA) is 76.1 Å². The van der Waals surface area contributed by atoms with E-state index in [1.165, 1.54) is 11.8 Å². The minimum absolute atomic E-state index is 0.0690. The molecule has 8 heteroatoms. The number of fused-ring (bicyclic) bond motifs is 1. The maximum absolute atomic E-state index is 12.9. The van der Waals surface area contributed by atoms with Crippen molar-refractivity contribution in [1.82, 2.24) is 9.78 Å². The summed E-state index contributed by atoms with van der Waals surface area (Å²) >= 11 is 7.47. The predicted octanol–water partition coefficient (Wildman–Crippen LogP) is 3.73. The molecule has 0 bridgehead atoms. The third-order valence-corrected chi connectivity index (χ3v) is 6.59. The Morgan fingerprint density at radius 3 is 2.70 bits per heavy atom. The van der Waals surface area contributed by atoms with E-state index in [9.17, 15) is 9.59 Å². The summed E-state index contributed by atoms with van der Waals surface area (Å²) in [4.78, 5) is 25.2. The number of hydrogen-bond donors (Lipinski definition) is 2. The average molecular weight is 408 g/mol. The molecule has 2 aliphatic rings. The summed E-state index contributed by atoms with van der Waals surface area (Å²) in [5.74, 6) is 0.773. The van der Waals surface area contributed by atoms with Gasteiger partial charge in [-0.25, -0.2) is 0 Å². The molecule has 6 nitrogen and oxygen atoms in total. The van der Waals surface area contributed by atoms with Gasteiger partial charge in [0.05, 0.1) is 28.2 Å². The number of nitrogens with one attached hydrogen (secondary N) is 2. The van der Waals surface area contributed by atoms with Crippen molar-refractivity contribution in [2.45, 2.75) is 43.6 Å². The van der Waals surface area contributed by atoms with E-state index in [2.05, 4.69) is 10.4 Å². The maximum Gasteiger partial charge on any atom is 0.270 e. The molecule has 3 heterocycles. The maximum atomic E-state index is 12.9. The molecular weight excluding hydrogens is 386 g/mol. The molecule has 2 aromatic rings. The molecule has 1 aromatic heterocycles. The Kier molecular flexibility index (Phi) is 4.86. The number of aromatic nitrogens is 2. The van der Waals surface area contributed by atoms with E-state index in [0.717, 1.165) is 18.4 Å². The molecular formula is C19H22ClN3O3S. The molecule has 1 fully saturated rings. The number of hydrogen-bond acceptors (Lipinski definition) is 4. The van der Waals surface area contributed by atoms with Crippen LogP contribution in [-0.2, 0) is 9.53 Å². The van der Waals surface area contributed by atoms with Crippen LogP contribution in [0, 0.1) is 0 Å². The largest absolute Gasteiger partial charge is 0.375 e. The second-order valence-electron chi connectivity index (χ2n) is 7.62. The number of halogens is 1. The molecule has 0 radical (unpaired) electrons. The van der Waals surface area contributed by atoms with Crippen molar-refractivity contribution in [3.8, 4) is 0 Å². The van der Waals surface area contributed by atoms with E-state index in [0.29, 0.717) is 28.8 Å². The van der Waals surface area contributed by atoms with Crippen LogP contribution in [0.25, 0.3) is 0 Å². The molecule has 0 aliphatic carbocycles. The number of anilines is 1. The quantitative estimate of drug-likeness (QED) is 0.795. The second-order valence-corrected chi connectivity index (χ2v) is 9.15. The van der Waals surface area contributed by atoms with Crippen molar-refractivity contribution in [1.29, 1.82) is 0 Å². The molecule has 144 valence electrons. The first-order chi connectivity index (χ1) is 12.8. The zero-order valence-electron chi connectivity index (χ0n) is 15.3. The summed E-state index contributed by atoms with van der Waals surface area (Å²) in [6.45, 7) is 4.71. The molecule has 1 aromatic carbocycles. The van der Waals surface area contributed by atoms with Crippen LogP contribution >= 0.6 is 23.4 Å². The molecule has 0 spiro atoms. The summed E-state index contributed by atoms with van der Waals surface area (Å²) in [5, 5.41) is 6.34. The van der Waals surface area contributed by atoms with Gasteiger partial charge in [0.25, 0.3) is 5.56 Å². The van der Waals surface area contributed by atoms with Crippen LogP contribution in [0.3, 0.4) is 0 Å². The summed E-state index contributed by atoms with van der Waals surface area (Å²) in [7, 11) is 0. The van der Waals surface area contributed by atoms with Crippen LogP contribution in [0.1, 0.15) is 49.1 Å². The van der Waals surface area contributed by atoms with Crippen LogP contribution in [-0.4, -0.2) is 33.6 Å². The van der Waals surface area contributed by atoms with Gasteiger partial charge in [-0.3, -0.25) is 19.4 Å². The van der Waals surface area contributed by atoms with Crippen molar-refractivity contribution in [3.05, 3.63) is 50.8 Å². The van der Waals surface area contributed by atoms with Gasteiger partial charge in [-0.15, -0.1) is 11.8 Å². The highest BCUT2D eigenvalue weighted by atomic mass is 35.5. The Morgan fingerprint density at radius 1 is 1.26 bits per heavy atom. The Bertz CT molecular complexity index is 919. The third-order valence-electron chi connectivity index (χ3n) is 5.07. The predicted molar refractivity (Wildman–Crippen MR) is 108 cm³/mol. The number of aromatic amines is 1. The summed E-state index contributed by atoms with van der Waals surface area (Å²) in [5.41, 5.74) is 1.12. The number of carbonyl (C=O) groups is 1. The fourth-order valence-electron chi connectivity index (χ4n) is 3.84. The lowest BCUT2D eigenvalue weighted by atomic mass is 9.94. The summed E-state index contributed by atoms with van der Waals surface area (Å²) in [6, 6.07) is 7.51. The fraction of sp³-hybridized carbons (Fsp3) is 0.474. The first-order valence-corrected chi connectivity index (χ1v) is 10.4. The number of carbonyl (C=O) groups excluding carboxylic acids is 1. The number of thioether (sulfide) groups is 1. The lowest BCUT2D eigenvalue weighted by Crippen LogP contribution is -2.36. The Balaban J connectivity index is 1.80. The standard InChI is InChI=1S/C19H22ClN3O3S/c1-19(2)9-13(7-8-26-19)23-17-15(18(25)22-23)16(27-10-14(24)21-17)11-3-5-12(20)6-4-11/h3-6,13,16H,7-10H2,1-2H3,(H,21,24)(H,22,25)/t13-,16-/m1/s1. The van der Waals surface area contributed by atoms with E-state index in [4.69, 9.17) is 16.3 Å². The highest BCUT2D eigenvalue weighted by Gasteiger charge is 2.35. The number of rotatable bonds is 2. The molecule has 2 aliphatic heterocycles. The van der Waals surface area contributed by atoms with Crippen LogP contribution in [0.5, 0.6) is 0 Å². The molecule has 0 unspecified atom stereocenters. The van der Waals surface area contributed by atoms with E-state index < -0.39 is 0 Å². The van der Waals surface area contributed by atoms with Crippen molar-refractivity contribution in [2.24, 2.45) is 0 Å². The van der Waals surface area contributed by atoms with Crippen molar-refractivity contribution >= 4 is 35.1 Å². The first-order valence-electron chi connectivity index (χ1n) is 8.99. The molecule has 1 saturated heterocycles. The lowest BCUT2D eigenvalue weighted by Gasteiger charge is -2.36. The highest BCUT2D eigenvalue weighted by molar-refractivity contribution is 8.00. The Hall–Kier alpha value is -1.70. The first kappa shape index (κ1) is 18.7. The van der Waals surface area contributed by atoms with Gasteiger partial charge >= 0.3 is 0 Å². The molecule has 1 amide bonds. The lowest BCUT2D eigenvalue weighted by molar-refractivity contribution is -0.113. The summed E-state index contributed by atoms with van der Waals surface area (Å²) in [6.07, 6.45) is 1.55. The monoisotopic (exact) mass is 407 g/mol. The smallest absolute Gasteiger partial charge is 0.270 e. The second kappa shape index (κ2) is 7.04. The summed E-state index contributed by atoms with van der Waals surface area (Å²) < 4.78 is 7.65. The molecule has 4 rings (SSSR count). The number of amides is 1. The van der Waals surface area contributed by atoms with Crippen molar-refractivity contribution in [3.63, 3.8) is 0 Å². The van der Waals surface area contributed by atoms with Crippen molar-refractivity contribution < 1.29 is 9.53 Å². The Morgan fingerprint density at radius 2 is 2.00 bits per heavy atom. The average Bonchev–Trinajstić information content (AvgIpc) is 2.81. The van der Waals surface area contributed by atoms with E-state index in [1.54, 1.807) is 0 Å². The zero-order chi connectivity index (χ0) is 19.2. The van der Waals surface area contributed by atoms with Gasteiger partial charge in [0.2, 0.25) is 5.91 Å². The van der Waals surface area contributed by atoms with Crippen LogP contribution in [0.2, 0.25) is 5.02 Å².